The molecule has 3 aromatic carbocycles. The lowest BCUT2D eigenvalue weighted by Crippen LogP contribution is -2.16. The number of benzene rings is 3. The average molecular weight is 516 g/mol. The second-order valence-corrected chi connectivity index (χ2v) is 11.1. The third kappa shape index (κ3) is 3.89. The Bertz CT molecular complexity index is 1450. The van der Waals surface area contributed by atoms with Crippen molar-refractivity contribution in [1.82, 2.24) is 0 Å². The molecule has 0 saturated heterocycles. The molecular weight excluding hydrogens is 494 g/mol. The number of anilines is 1. The molecule has 0 saturated carbocycles. The van der Waals surface area contributed by atoms with Gasteiger partial charge in [0, 0.05) is 26.0 Å². The second kappa shape index (κ2) is 7.94. The largest absolute Gasteiger partial charge is 0.465 e. The van der Waals surface area contributed by atoms with Gasteiger partial charge in [0.15, 0.2) is 0 Å². The Balaban J connectivity index is 2.01. The first-order valence-corrected chi connectivity index (χ1v) is 12.2. The maximum absolute atomic E-state index is 13.1. The van der Waals surface area contributed by atoms with Gasteiger partial charge in [0.1, 0.15) is 16.9 Å². The molecule has 0 atom stereocenters. The second-order valence-electron chi connectivity index (χ2n) is 8.45. The molecule has 6 nitrogen and oxygen atoms in total. The molecule has 0 aliphatic rings. The summed E-state index contributed by atoms with van der Waals surface area (Å²) in [5.74, 6) is -0.0527. The molecule has 0 fully saturated rings. The van der Waals surface area contributed by atoms with Crippen LogP contribution in [0.15, 0.2) is 68.4 Å². The lowest BCUT2D eigenvalue weighted by Gasteiger charge is -2.16. The van der Waals surface area contributed by atoms with Crippen molar-refractivity contribution in [3.05, 3.63) is 70.4 Å². The van der Waals surface area contributed by atoms with E-state index in [0.29, 0.717) is 38.8 Å². The number of nitrogens with one attached hydrogen (secondary N) is 1. The van der Waals surface area contributed by atoms with Crippen LogP contribution in [-0.4, -0.2) is 21.5 Å². The fourth-order valence-corrected chi connectivity index (χ4v) is 4.99. The molecule has 4 aromatic rings. The zero-order chi connectivity index (χ0) is 23.3. The normalized spacial score (nSPS) is 12.3. The number of ether oxygens (including phenoxy) is 1. The highest BCUT2D eigenvalue weighted by atomic mass is 79.9. The van der Waals surface area contributed by atoms with Gasteiger partial charge in [-0.1, -0.05) is 61.0 Å². The summed E-state index contributed by atoms with van der Waals surface area (Å²) in [6, 6.07) is 15.3. The highest BCUT2D eigenvalue weighted by molar-refractivity contribution is 9.10. The molecule has 0 amide bonds. The Morgan fingerprint density at radius 2 is 1.62 bits per heavy atom. The summed E-state index contributed by atoms with van der Waals surface area (Å²) in [5, 5.41) is 1.85. The summed E-state index contributed by atoms with van der Waals surface area (Å²) in [7, 11) is -2.56. The van der Waals surface area contributed by atoms with Crippen LogP contribution < -0.4 is 4.72 Å². The van der Waals surface area contributed by atoms with Gasteiger partial charge in [0.25, 0.3) is 10.0 Å². The van der Waals surface area contributed by atoms with Crippen LogP contribution in [0.3, 0.4) is 0 Å². The van der Waals surface area contributed by atoms with Crippen molar-refractivity contribution in [3.63, 3.8) is 0 Å². The molecule has 0 aliphatic carbocycles. The number of hydrogen-bond donors (Lipinski definition) is 1. The van der Waals surface area contributed by atoms with E-state index in [1.165, 1.54) is 19.2 Å². The van der Waals surface area contributed by atoms with E-state index in [4.69, 9.17) is 9.15 Å². The van der Waals surface area contributed by atoms with E-state index in [1.807, 2.05) is 45.0 Å². The molecule has 8 heteroatoms. The summed E-state index contributed by atoms with van der Waals surface area (Å²) in [5.41, 5.74) is 0.686. The van der Waals surface area contributed by atoms with Gasteiger partial charge >= 0.3 is 5.97 Å². The van der Waals surface area contributed by atoms with Gasteiger partial charge in [-0.2, -0.15) is 0 Å². The van der Waals surface area contributed by atoms with Crippen LogP contribution >= 0.6 is 15.9 Å². The molecule has 166 valence electrons. The van der Waals surface area contributed by atoms with Crippen LogP contribution in [0.1, 0.15) is 36.9 Å². The maximum atomic E-state index is 13.1. The van der Waals surface area contributed by atoms with Crippen LogP contribution in [0.5, 0.6) is 0 Å². The standard InChI is InChI=1S/C24H22BrNO5S/c1-24(2,3)22-20(23(27)30-4)18-13-19(16-7-5-6-8-17(16)21(18)31-22)26-32(28,29)15-11-9-14(25)10-12-15/h5-13,26H,1-4H3. The molecule has 4 rings (SSSR count). The Hall–Kier alpha value is -2.84. The number of carbonyl (C=O) groups excluding carboxylic acids is 1. The van der Waals surface area contributed by atoms with Crippen molar-refractivity contribution < 1.29 is 22.4 Å². The number of halogens is 1. The SMILES string of the molecule is COC(=O)c1c(C(C)(C)C)oc2c1cc(NS(=O)(=O)c1ccc(Br)cc1)c1ccccc12. The van der Waals surface area contributed by atoms with Crippen LogP contribution in [0.2, 0.25) is 0 Å². The Labute approximate surface area is 194 Å². The average Bonchev–Trinajstić information content (AvgIpc) is 3.13. The summed E-state index contributed by atoms with van der Waals surface area (Å²) in [6.07, 6.45) is 0. The summed E-state index contributed by atoms with van der Waals surface area (Å²) < 4.78 is 40.9. The van der Waals surface area contributed by atoms with Crippen molar-refractivity contribution in [2.45, 2.75) is 31.1 Å². The Kier molecular flexibility index (Phi) is 5.55. The molecule has 0 bridgehead atoms. The van der Waals surface area contributed by atoms with E-state index in [0.717, 1.165) is 4.47 Å². The highest BCUT2D eigenvalue weighted by Crippen LogP contribution is 2.41. The van der Waals surface area contributed by atoms with Gasteiger partial charge in [-0.15, -0.1) is 0 Å². The maximum Gasteiger partial charge on any atom is 0.342 e. The molecule has 32 heavy (non-hydrogen) atoms. The zero-order valence-electron chi connectivity index (χ0n) is 18.0. The quantitative estimate of drug-likeness (QED) is 0.325. The minimum atomic E-state index is -3.87. The third-order valence-electron chi connectivity index (χ3n) is 5.13. The predicted molar refractivity (Wildman–Crippen MR) is 129 cm³/mol. The van der Waals surface area contributed by atoms with Crippen LogP contribution in [0.4, 0.5) is 5.69 Å². The fourth-order valence-electron chi connectivity index (χ4n) is 3.65. The fraction of sp³-hybridized carbons (Fsp3) is 0.208. The summed E-state index contributed by atoms with van der Waals surface area (Å²) in [4.78, 5) is 12.8. The molecular formula is C24H22BrNO5S. The van der Waals surface area contributed by atoms with E-state index >= 15 is 0 Å². The van der Waals surface area contributed by atoms with E-state index in [2.05, 4.69) is 20.7 Å². The number of esters is 1. The first kappa shape index (κ1) is 22.4. The van der Waals surface area contributed by atoms with Gasteiger partial charge in [0.2, 0.25) is 0 Å². The number of carbonyl (C=O) groups is 1. The first-order chi connectivity index (χ1) is 15.0. The van der Waals surface area contributed by atoms with Crippen LogP contribution in [-0.2, 0) is 20.2 Å². The number of methoxy groups -OCH3 is 1. The lowest BCUT2D eigenvalue weighted by molar-refractivity contribution is 0.0598. The van der Waals surface area contributed by atoms with Crippen molar-refractivity contribution in [2.75, 3.05) is 11.8 Å². The summed E-state index contributed by atoms with van der Waals surface area (Å²) >= 11 is 3.32. The van der Waals surface area contributed by atoms with E-state index in [9.17, 15) is 13.2 Å². The molecule has 1 aromatic heterocycles. The number of rotatable bonds is 4. The molecule has 1 heterocycles. The Morgan fingerprint density at radius 3 is 2.22 bits per heavy atom. The van der Waals surface area contributed by atoms with Gasteiger partial charge in [-0.25, -0.2) is 13.2 Å². The van der Waals surface area contributed by atoms with Crippen LogP contribution in [0.25, 0.3) is 21.7 Å². The number of furan rings is 1. The minimum Gasteiger partial charge on any atom is -0.465 e. The predicted octanol–water partition coefficient (Wildman–Crippen LogP) is 6.23. The van der Waals surface area contributed by atoms with Gasteiger partial charge < -0.3 is 9.15 Å². The van der Waals surface area contributed by atoms with Crippen molar-refractivity contribution in [3.8, 4) is 0 Å². The lowest BCUT2D eigenvalue weighted by atomic mass is 9.89. The molecule has 0 spiro atoms. The van der Waals surface area contributed by atoms with E-state index < -0.39 is 21.4 Å². The Morgan fingerprint density at radius 1 is 1.00 bits per heavy atom. The number of fused-ring (bicyclic) bond motifs is 3. The zero-order valence-corrected chi connectivity index (χ0v) is 20.4. The van der Waals surface area contributed by atoms with Gasteiger partial charge in [0.05, 0.1) is 17.7 Å². The van der Waals surface area contributed by atoms with Crippen LogP contribution in [0, 0.1) is 0 Å². The van der Waals surface area contributed by atoms with E-state index in [-0.39, 0.29) is 4.90 Å². The first-order valence-electron chi connectivity index (χ1n) is 9.88. The molecule has 1 N–H and O–H groups in total. The molecule has 0 unspecified atom stereocenters. The number of sulfonamides is 1. The monoisotopic (exact) mass is 515 g/mol. The van der Waals surface area contributed by atoms with Gasteiger partial charge in [-0.05, 0) is 30.3 Å². The minimum absolute atomic E-state index is 0.126. The topological polar surface area (TPSA) is 85.6 Å². The smallest absolute Gasteiger partial charge is 0.342 e. The van der Waals surface area contributed by atoms with E-state index in [1.54, 1.807) is 18.2 Å². The molecule has 0 radical (unpaired) electrons. The van der Waals surface area contributed by atoms with Crippen molar-refractivity contribution in [2.24, 2.45) is 0 Å². The van der Waals surface area contributed by atoms with Crippen molar-refractivity contribution in [1.29, 1.82) is 0 Å². The van der Waals surface area contributed by atoms with Gasteiger partial charge in [-0.3, -0.25) is 4.72 Å². The highest BCUT2D eigenvalue weighted by Gasteiger charge is 2.31. The number of hydrogen-bond acceptors (Lipinski definition) is 5. The third-order valence-corrected chi connectivity index (χ3v) is 7.04. The van der Waals surface area contributed by atoms with Crippen molar-refractivity contribution >= 4 is 59.4 Å². The summed E-state index contributed by atoms with van der Waals surface area (Å²) in [6.45, 7) is 5.82. The molecule has 0 aliphatic heterocycles.